The van der Waals surface area contributed by atoms with Gasteiger partial charge in [0.2, 0.25) is 0 Å². The van der Waals surface area contributed by atoms with Gasteiger partial charge >= 0.3 is 0 Å². The highest BCUT2D eigenvalue weighted by atomic mass is 127. The summed E-state index contributed by atoms with van der Waals surface area (Å²) in [7, 11) is 0. The monoisotopic (exact) mass is 407 g/mol. The zero-order chi connectivity index (χ0) is 14.2. The zero-order valence-corrected chi connectivity index (χ0v) is 14.4. The molecule has 2 rings (SSSR count). The molecule has 0 unspecified atom stereocenters. The Balaban J connectivity index is 2.68. The number of hydrogen-bond donors (Lipinski definition) is 0. The van der Waals surface area contributed by atoms with Gasteiger partial charge in [-0.25, -0.2) is 9.97 Å². The predicted molar refractivity (Wildman–Crippen MR) is 86.7 cm³/mol. The second-order valence-corrected chi connectivity index (χ2v) is 6.93. The van der Waals surface area contributed by atoms with Gasteiger partial charge < -0.3 is 0 Å². The van der Waals surface area contributed by atoms with Gasteiger partial charge in [-0.2, -0.15) is 0 Å². The van der Waals surface area contributed by atoms with Crippen molar-refractivity contribution in [3.05, 3.63) is 37.8 Å². The normalized spacial score (nSPS) is 11.7. The summed E-state index contributed by atoms with van der Waals surface area (Å²) in [6.07, 6.45) is 1.66. The maximum Gasteiger partial charge on any atom is 0.181 e. The lowest BCUT2D eigenvalue weighted by atomic mass is 9.92. The van der Waals surface area contributed by atoms with E-state index in [4.69, 9.17) is 23.2 Å². The van der Waals surface area contributed by atoms with E-state index in [2.05, 4.69) is 58.3 Å². The molecule has 2 aromatic heterocycles. The SMILES string of the molecule is CC(C)(C)c1nc(-c2ncccc2Cl)nc(Cl)c1I. The molecule has 3 nitrogen and oxygen atoms in total. The maximum atomic E-state index is 6.20. The molecule has 0 saturated carbocycles. The van der Waals surface area contributed by atoms with Crippen molar-refractivity contribution >= 4 is 45.8 Å². The lowest BCUT2D eigenvalue weighted by Gasteiger charge is -2.20. The van der Waals surface area contributed by atoms with Crippen molar-refractivity contribution in [2.75, 3.05) is 0 Å². The molecule has 0 spiro atoms. The van der Waals surface area contributed by atoms with E-state index in [1.165, 1.54) is 0 Å². The summed E-state index contributed by atoms with van der Waals surface area (Å²) < 4.78 is 0.863. The predicted octanol–water partition coefficient (Wildman–Crippen LogP) is 4.75. The van der Waals surface area contributed by atoms with E-state index in [-0.39, 0.29) is 5.41 Å². The van der Waals surface area contributed by atoms with Crippen LogP contribution in [0.2, 0.25) is 10.2 Å². The second kappa shape index (κ2) is 5.50. The third-order valence-corrected chi connectivity index (χ3v) is 4.41. The average Bonchev–Trinajstić information content (AvgIpc) is 2.31. The van der Waals surface area contributed by atoms with Crippen molar-refractivity contribution in [2.45, 2.75) is 26.2 Å². The number of nitrogens with zero attached hydrogens (tertiary/aromatic N) is 3. The molecule has 0 amide bonds. The van der Waals surface area contributed by atoms with Gasteiger partial charge in [-0.3, -0.25) is 4.98 Å². The van der Waals surface area contributed by atoms with E-state index < -0.39 is 0 Å². The second-order valence-electron chi connectivity index (χ2n) is 5.08. The lowest BCUT2D eigenvalue weighted by Crippen LogP contribution is -2.17. The van der Waals surface area contributed by atoms with Crippen LogP contribution in [-0.2, 0) is 5.41 Å². The van der Waals surface area contributed by atoms with E-state index in [1.807, 2.05) is 0 Å². The molecule has 100 valence electrons. The first-order valence-electron chi connectivity index (χ1n) is 5.65. The van der Waals surface area contributed by atoms with Crippen molar-refractivity contribution in [3.63, 3.8) is 0 Å². The van der Waals surface area contributed by atoms with Gasteiger partial charge in [-0.15, -0.1) is 0 Å². The van der Waals surface area contributed by atoms with Crippen LogP contribution in [0.15, 0.2) is 18.3 Å². The number of aromatic nitrogens is 3. The van der Waals surface area contributed by atoms with Gasteiger partial charge in [0.05, 0.1) is 14.3 Å². The smallest absolute Gasteiger partial charge is 0.181 e. The number of hydrogen-bond acceptors (Lipinski definition) is 3. The first kappa shape index (κ1) is 14.9. The summed E-state index contributed by atoms with van der Waals surface area (Å²) in [5.41, 5.74) is 1.32. The van der Waals surface area contributed by atoms with E-state index in [9.17, 15) is 0 Å². The van der Waals surface area contributed by atoms with Crippen LogP contribution in [0.3, 0.4) is 0 Å². The Labute approximate surface area is 135 Å². The van der Waals surface area contributed by atoms with Crippen molar-refractivity contribution in [2.24, 2.45) is 0 Å². The number of rotatable bonds is 1. The number of halogens is 3. The van der Waals surface area contributed by atoms with Gasteiger partial charge in [0.15, 0.2) is 5.82 Å². The Morgan fingerprint density at radius 3 is 2.42 bits per heavy atom. The number of pyridine rings is 1. The summed E-state index contributed by atoms with van der Waals surface area (Å²) in [5, 5.41) is 0.942. The molecular formula is C13H12Cl2IN3. The highest BCUT2D eigenvalue weighted by molar-refractivity contribution is 14.1. The standard InChI is InChI=1S/C13H12Cl2IN3/c1-13(2,3)10-8(16)11(15)19-12(18-10)9-7(14)5-4-6-17-9/h4-6H,1-3H3. The molecule has 0 saturated heterocycles. The van der Waals surface area contributed by atoms with Gasteiger partial charge in [-0.1, -0.05) is 44.0 Å². The summed E-state index contributed by atoms with van der Waals surface area (Å²) in [5.74, 6) is 0.459. The molecule has 0 atom stereocenters. The summed E-state index contributed by atoms with van der Waals surface area (Å²) in [6, 6.07) is 3.53. The minimum Gasteiger partial charge on any atom is -0.251 e. The fourth-order valence-corrected chi connectivity index (χ4v) is 3.00. The molecule has 2 aromatic rings. The molecule has 0 fully saturated rings. The van der Waals surface area contributed by atoms with Crippen LogP contribution in [0.25, 0.3) is 11.5 Å². The quantitative estimate of drug-likeness (QED) is 0.505. The third-order valence-electron chi connectivity index (χ3n) is 2.49. The highest BCUT2D eigenvalue weighted by Crippen LogP contribution is 2.32. The molecule has 2 heterocycles. The summed E-state index contributed by atoms with van der Waals surface area (Å²) in [6.45, 7) is 6.24. The van der Waals surface area contributed by atoms with Crippen LogP contribution < -0.4 is 0 Å². The molecule has 19 heavy (non-hydrogen) atoms. The highest BCUT2D eigenvalue weighted by Gasteiger charge is 2.23. The molecule has 0 radical (unpaired) electrons. The zero-order valence-electron chi connectivity index (χ0n) is 10.7. The Hall–Kier alpha value is -0.460. The van der Waals surface area contributed by atoms with E-state index >= 15 is 0 Å². The lowest BCUT2D eigenvalue weighted by molar-refractivity contribution is 0.563. The molecule has 6 heteroatoms. The minimum atomic E-state index is -0.126. The van der Waals surface area contributed by atoms with Crippen LogP contribution in [0.5, 0.6) is 0 Å². The fourth-order valence-electron chi connectivity index (χ4n) is 1.57. The Morgan fingerprint density at radius 2 is 1.84 bits per heavy atom. The third kappa shape index (κ3) is 3.17. The van der Waals surface area contributed by atoms with Gasteiger partial charge in [0.1, 0.15) is 10.8 Å². The van der Waals surface area contributed by atoms with Crippen LogP contribution in [0.4, 0.5) is 0 Å². The Morgan fingerprint density at radius 1 is 1.16 bits per heavy atom. The van der Waals surface area contributed by atoms with Gasteiger partial charge in [-0.05, 0) is 34.7 Å². The molecule has 0 aliphatic heterocycles. The first-order chi connectivity index (χ1) is 8.80. The maximum absolute atomic E-state index is 6.20. The first-order valence-corrected chi connectivity index (χ1v) is 7.48. The van der Waals surface area contributed by atoms with Gasteiger partial charge in [0.25, 0.3) is 0 Å². The Kier molecular flexibility index (Phi) is 4.32. The van der Waals surface area contributed by atoms with E-state index in [0.29, 0.717) is 21.7 Å². The largest absolute Gasteiger partial charge is 0.251 e. The molecular weight excluding hydrogens is 396 g/mol. The van der Waals surface area contributed by atoms with Crippen molar-refractivity contribution in [3.8, 4) is 11.5 Å². The molecule has 0 aromatic carbocycles. The summed E-state index contributed by atoms with van der Waals surface area (Å²) in [4.78, 5) is 13.1. The van der Waals surface area contributed by atoms with Crippen LogP contribution >= 0.6 is 45.8 Å². The van der Waals surface area contributed by atoms with Crippen molar-refractivity contribution in [1.29, 1.82) is 0 Å². The fraction of sp³-hybridized carbons (Fsp3) is 0.308. The van der Waals surface area contributed by atoms with E-state index in [0.717, 1.165) is 9.26 Å². The minimum absolute atomic E-state index is 0.126. The van der Waals surface area contributed by atoms with Crippen LogP contribution in [0, 0.1) is 3.57 Å². The Bertz CT molecular complexity index is 624. The van der Waals surface area contributed by atoms with E-state index in [1.54, 1.807) is 18.3 Å². The topological polar surface area (TPSA) is 38.7 Å². The molecule has 0 N–H and O–H groups in total. The van der Waals surface area contributed by atoms with Crippen molar-refractivity contribution in [1.82, 2.24) is 15.0 Å². The molecule has 0 aliphatic carbocycles. The molecule has 0 bridgehead atoms. The average molecular weight is 408 g/mol. The van der Waals surface area contributed by atoms with Crippen molar-refractivity contribution < 1.29 is 0 Å². The molecule has 0 aliphatic rings. The summed E-state index contributed by atoms with van der Waals surface area (Å²) >= 11 is 14.5. The van der Waals surface area contributed by atoms with Crippen LogP contribution in [-0.4, -0.2) is 15.0 Å². The van der Waals surface area contributed by atoms with Gasteiger partial charge in [0, 0.05) is 11.6 Å². The van der Waals surface area contributed by atoms with Crippen LogP contribution in [0.1, 0.15) is 26.5 Å².